The van der Waals surface area contributed by atoms with Gasteiger partial charge in [-0.05, 0) is 50.6 Å². The maximum absolute atomic E-state index is 15.7. The molecule has 0 atom stereocenters. The number of carbonyl (C=O) groups is 1. The SMILES string of the molecule is Cc1cnc(N)c2c(-c3ccc4c(c3F)CCN4C(=O)Nc3cc(S(F)(F)(F)(F)F)ccc3F)nc(C)n12. The van der Waals surface area contributed by atoms with Gasteiger partial charge in [0, 0.05) is 29.6 Å². The van der Waals surface area contributed by atoms with Gasteiger partial charge in [-0.2, -0.15) is 0 Å². The molecule has 7 nitrogen and oxygen atoms in total. The number of aryl methyl sites for hydroxylation is 2. The molecule has 0 saturated carbocycles. The molecule has 3 heterocycles. The van der Waals surface area contributed by atoms with Crippen LogP contribution < -0.4 is 16.0 Å². The lowest BCUT2D eigenvalue weighted by Gasteiger charge is -2.40. The van der Waals surface area contributed by atoms with Crippen molar-refractivity contribution in [3.63, 3.8) is 0 Å². The highest BCUT2D eigenvalue weighted by Crippen LogP contribution is 3.02. The number of nitrogen functional groups attached to an aromatic ring is 1. The van der Waals surface area contributed by atoms with Crippen molar-refractivity contribution in [1.29, 1.82) is 0 Å². The number of rotatable bonds is 3. The van der Waals surface area contributed by atoms with E-state index in [1.54, 1.807) is 24.4 Å². The van der Waals surface area contributed by atoms with Crippen molar-refractivity contribution in [2.24, 2.45) is 0 Å². The van der Waals surface area contributed by atoms with Crippen LogP contribution in [0.3, 0.4) is 0 Å². The molecular formula is C23H19F7N6OS. The fraction of sp³-hybridized carbons (Fsp3) is 0.174. The van der Waals surface area contributed by atoms with Crippen LogP contribution >= 0.6 is 10.2 Å². The number of fused-ring (bicyclic) bond motifs is 2. The van der Waals surface area contributed by atoms with Crippen LogP contribution in [-0.2, 0) is 6.42 Å². The number of aromatic nitrogens is 3. The van der Waals surface area contributed by atoms with Crippen molar-refractivity contribution in [3.8, 4) is 11.3 Å². The van der Waals surface area contributed by atoms with Gasteiger partial charge in [-0.1, -0.05) is 19.4 Å². The third kappa shape index (κ3) is 4.15. The number of nitrogens with one attached hydrogen (secondary N) is 1. The monoisotopic (exact) mass is 560 g/mol. The van der Waals surface area contributed by atoms with Gasteiger partial charge in [-0.3, -0.25) is 9.30 Å². The first kappa shape index (κ1) is 25.6. The summed E-state index contributed by atoms with van der Waals surface area (Å²) in [5, 5.41) is 1.88. The van der Waals surface area contributed by atoms with Crippen LogP contribution in [0.15, 0.2) is 41.4 Å². The normalized spacial score (nSPS) is 15.3. The molecule has 0 radical (unpaired) electrons. The Bertz CT molecular complexity index is 1670. The first-order valence-electron chi connectivity index (χ1n) is 11.0. The van der Waals surface area contributed by atoms with E-state index in [9.17, 15) is 28.6 Å². The van der Waals surface area contributed by atoms with E-state index < -0.39 is 38.5 Å². The zero-order valence-corrected chi connectivity index (χ0v) is 20.5. The Labute approximate surface area is 210 Å². The molecule has 1 aliphatic heterocycles. The number of anilines is 3. The van der Waals surface area contributed by atoms with Crippen LogP contribution in [0.5, 0.6) is 0 Å². The van der Waals surface area contributed by atoms with Crippen molar-refractivity contribution in [2.45, 2.75) is 25.2 Å². The molecule has 0 saturated heterocycles. The minimum absolute atomic E-state index is 0.0218. The molecule has 38 heavy (non-hydrogen) atoms. The highest BCUT2D eigenvalue weighted by molar-refractivity contribution is 8.45. The minimum Gasteiger partial charge on any atom is -0.382 e. The van der Waals surface area contributed by atoms with Gasteiger partial charge in [-0.25, -0.2) is 23.5 Å². The summed E-state index contributed by atoms with van der Waals surface area (Å²) >= 11 is 0. The van der Waals surface area contributed by atoms with Gasteiger partial charge in [0.05, 0.1) is 11.4 Å². The number of nitrogens with two attached hydrogens (primary N) is 1. The zero-order valence-electron chi connectivity index (χ0n) is 19.7. The number of imidazole rings is 1. The number of amides is 2. The number of nitrogens with zero attached hydrogens (tertiary/aromatic N) is 4. The van der Waals surface area contributed by atoms with E-state index in [-0.39, 0.29) is 59.5 Å². The number of benzene rings is 2. The molecule has 0 spiro atoms. The molecule has 0 unspecified atom stereocenters. The minimum atomic E-state index is -10.1. The Kier molecular flexibility index (Phi) is 5.07. The second kappa shape index (κ2) is 7.52. The number of halogens is 7. The molecule has 4 aromatic rings. The summed E-state index contributed by atoms with van der Waals surface area (Å²) in [6.07, 6.45) is 1.57. The summed E-state index contributed by atoms with van der Waals surface area (Å²) in [6.45, 7) is 3.39. The predicted molar refractivity (Wildman–Crippen MR) is 130 cm³/mol. The number of carbonyl (C=O) groups excluding carboxylic acids is 1. The molecule has 0 bridgehead atoms. The van der Waals surface area contributed by atoms with E-state index in [1.165, 1.54) is 12.1 Å². The van der Waals surface area contributed by atoms with Gasteiger partial charge < -0.3 is 11.1 Å². The number of hydrogen-bond donors (Lipinski definition) is 2. The Morgan fingerprint density at radius 1 is 1.08 bits per heavy atom. The maximum atomic E-state index is 15.7. The second-order valence-corrected chi connectivity index (χ2v) is 11.3. The molecular weight excluding hydrogens is 541 g/mol. The zero-order chi connectivity index (χ0) is 27.8. The van der Waals surface area contributed by atoms with Gasteiger partial charge in [0.15, 0.2) is 0 Å². The first-order valence-corrected chi connectivity index (χ1v) is 13.0. The van der Waals surface area contributed by atoms with Crippen LogP contribution in [0.1, 0.15) is 17.1 Å². The number of hydrogen-bond acceptors (Lipinski definition) is 4. The van der Waals surface area contributed by atoms with Crippen molar-refractivity contribution in [3.05, 3.63) is 65.2 Å². The Morgan fingerprint density at radius 3 is 2.47 bits per heavy atom. The average Bonchev–Trinajstić information content (AvgIpc) is 3.39. The smallest absolute Gasteiger partial charge is 0.326 e. The largest absolute Gasteiger partial charge is 0.382 e. The van der Waals surface area contributed by atoms with Crippen LogP contribution in [0.2, 0.25) is 0 Å². The van der Waals surface area contributed by atoms with Crippen molar-refractivity contribution < 1.29 is 33.0 Å². The van der Waals surface area contributed by atoms with E-state index in [0.29, 0.717) is 11.3 Å². The fourth-order valence-electron chi connectivity index (χ4n) is 4.53. The highest BCUT2D eigenvalue weighted by atomic mass is 32.5. The lowest BCUT2D eigenvalue weighted by atomic mass is 10.0. The Morgan fingerprint density at radius 2 is 1.79 bits per heavy atom. The summed E-state index contributed by atoms with van der Waals surface area (Å²) in [5.41, 5.74) is 6.57. The third-order valence-corrected chi connectivity index (χ3v) is 7.40. The quantitative estimate of drug-likeness (QED) is 0.261. The van der Waals surface area contributed by atoms with Crippen molar-refractivity contribution in [1.82, 2.24) is 14.4 Å². The van der Waals surface area contributed by atoms with E-state index in [1.807, 2.05) is 5.32 Å². The molecule has 0 aliphatic carbocycles. The molecule has 1 aliphatic rings. The maximum Gasteiger partial charge on any atom is 0.326 e. The average molecular weight is 560 g/mol. The van der Waals surface area contributed by atoms with Crippen molar-refractivity contribution in [2.75, 3.05) is 22.5 Å². The second-order valence-electron chi connectivity index (χ2n) is 8.84. The van der Waals surface area contributed by atoms with Crippen molar-refractivity contribution >= 4 is 39.0 Å². The van der Waals surface area contributed by atoms with Gasteiger partial charge in [-0.15, -0.1) is 0 Å². The fourth-order valence-corrected chi connectivity index (χ4v) is 5.20. The highest BCUT2D eigenvalue weighted by Gasteiger charge is 2.65. The molecule has 2 aromatic heterocycles. The summed E-state index contributed by atoms with van der Waals surface area (Å²) in [4.78, 5) is 20.0. The van der Waals surface area contributed by atoms with Gasteiger partial charge in [0.25, 0.3) is 0 Å². The topological polar surface area (TPSA) is 88.5 Å². The molecule has 2 aromatic carbocycles. The van der Waals surface area contributed by atoms with Gasteiger partial charge in [0.2, 0.25) is 0 Å². The van der Waals surface area contributed by atoms with Gasteiger partial charge >= 0.3 is 16.3 Å². The first-order chi connectivity index (χ1) is 17.5. The Balaban J connectivity index is 1.50. The lowest BCUT2D eigenvalue weighted by Crippen LogP contribution is -2.33. The summed E-state index contributed by atoms with van der Waals surface area (Å²) < 4.78 is 97.3. The van der Waals surface area contributed by atoms with E-state index in [4.69, 9.17) is 5.73 Å². The van der Waals surface area contributed by atoms with E-state index in [0.717, 1.165) is 10.6 Å². The van der Waals surface area contributed by atoms with Gasteiger partial charge in [0.1, 0.15) is 39.4 Å². The molecule has 202 valence electrons. The van der Waals surface area contributed by atoms with Crippen LogP contribution in [0, 0.1) is 25.5 Å². The molecule has 2 amide bonds. The molecule has 0 fully saturated rings. The standard InChI is InChI=1S/C23H19F7N6OS/c1-11-10-32-22(31)21-20(33-12(2)36(11)21)15-4-6-18-14(19(15)25)7-8-35(18)23(37)34-17-9-13(3-5-16(17)24)38(26,27,28,29)30/h3-6,9-10H,7-8H2,1-2H3,(H2,31,32)(H,34,37). The summed E-state index contributed by atoms with van der Waals surface area (Å²) in [6, 6.07) is 1.57. The number of urea groups is 1. The third-order valence-electron chi connectivity index (χ3n) is 6.25. The molecule has 5 rings (SSSR count). The van der Waals surface area contributed by atoms with E-state index in [2.05, 4.69) is 9.97 Å². The lowest BCUT2D eigenvalue weighted by molar-refractivity contribution is 0.257. The molecule has 15 heteroatoms. The van der Waals surface area contributed by atoms with Crippen LogP contribution in [0.4, 0.5) is 50.2 Å². The van der Waals surface area contributed by atoms with Crippen LogP contribution in [0.25, 0.3) is 16.8 Å². The summed E-state index contributed by atoms with van der Waals surface area (Å²) in [5.74, 6) is -1.39. The predicted octanol–water partition coefficient (Wildman–Crippen LogP) is 7.13. The van der Waals surface area contributed by atoms with Crippen LogP contribution in [-0.4, -0.2) is 26.9 Å². The summed E-state index contributed by atoms with van der Waals surface area (Å²) in [7, 11) is -10.1. The Hall–Kier alpha value is -4.01. The van der Waals surface area contributed by atoms with E-state index >= 15 is 4.39 Å². The molecule has 3 N–H and O–H groups in total.